The lowest BCUT2D eigenvalue weighted by molar-refractivity contribution is -0.121. The van der Waals surface area contributed by atoms with Gasteiger partial charge in [-0.3, -0.25) is 9.69 Å². The van der Waals surface area contributed by atoms with Crippen molar-refractivity contribution in [1.82, 2.24) is 19.2 Å². The highest BCUT2D eigenvalue weighted by atomic mass is 32.2. The van der Waals surface area contributed by atoms with Gasteiger partial charge in [0.05, 0.1) is 22.0 Å². The molecule has 12 heteroatoms. The number of aromatic amines is 2. The molecule has 3 N–H and O–H groups in total. The molecule has 0 unspecified atom stereocenters. The minimum atomic E-state index is -3.69. The monoisotopic (exact) mass is 487 g/mol. The number of amides is 1. The topological polar surface area (TPSA) is 137 Å². The van der Waals surface area contributed by atoms with Crippen LogP contribution in [-0.2, 0) is 14.8 Å². The molecular weight excluding hydrogens is 462 g/mol. The second kappa shape index (κ2) is 8.78. The van der Waals surface area contributed by atoms with E-state index in [1.54, 1.807) is 31.2 Å². The van der Waals surface area contributed by atoms with Crippen molar-refractivity contribution in [3.05, 3.63) is 46.9 Å². The van der Waals surface area contributed by atoms with Crippen LogP contribution in [0.2, 0.25) is 0 Å². The highest BCUT2D eigenvalue weighted by molar-refractivity contribution is 7.89. The number of carbonyl (C=O) groups is 1. The maximum atomic E-state index is 13.1. The number of hydrogen-bond acceptors (Lipinski definition) is 7. The van der Waals surface area contributed by atoms with E-state index in [0.29, 0.717) is 54.5 Å². The van der Waals surface area contributed by atoms with E-state index in [9.17, 15) is 18.0 Å². The molecule has 34 heavy (non-hydrogen) atoms. The van der Waals surface area contributed by atoms with Crippen molar-refractivity contribution in [3.63, 3.8) is 0 Å². The third-order valence-electron chi connectivity index (χ3n) is 6.14. The average Bonchev–Trinajstić information content (AvgIpc) is 3.22. The summed E-state index contributed by atoms with van der Waals surface area (Å²) in [6, 6.07) is 9.31. The molecule has 1 atom stereocenters. The van der Waals surface area contributed by atoms with Crippen molar-refractivity contribution < 1.29 is 22.7 Å². The van der Waals surface area contributed by atoms with E-state index in [2.05, 4.69) is 15.3 Å². The van der Waals surface area contributed by atoms with Crippen molar-refractivity contribution in [2.45, 2.75) is 17.9 Å². The minimum absolute atomic E-state index is 0.161. The van der Waals surface area contributed by atoms with Crippen LogP contribution in [0, 0.1) is 0 Å². The summed E-state index contributed by atoms with van der Waals surface area (Å²) in [5, 5.41) is 2.86. The molecular formula is C22H25N5O6S. The fourth-order valence-corrected chi connectivity index (χ4v) is 5.63. The van der Waals surface area contributed by atoms with E-state index in [-0.39, 0.29) is 29.6 Å². The Labute approximate surface area is 195 Å². The largest absolute Gasteiger partial charge is 0.486 e. The highest BCUT2D eigenvalue weighted by Crippen LogP contribution is 2.33. The van der Waals surface area contributed by atoms with Gasteiger partial charge in [-0.25, -0.2) is 13.2 Å². The van der Waals surface area contributed by atoms with Gasteiger partial charge in [0.25, 0.3) is 0 Å². The second-order valence-electron chi connectivity index (χ2n) is 8.25. The molecule has 2 aliphatic heterocycles. The molecule has 2 aromatic carbocycles. The number of hydrogen-bond donors (Lipinski definition) is 3. The number of nitrogens with zero attached hydrogens (tertiary/aromatic N) is 2. The van der Waals surface area contributed by atoms with Crippen LogP contribution < -0.4 is 20.5 Å². The third-order valence-corrected chi connectivity index (χ3v) is 8.03. The van der Waals surface area contributed by atoms with Crippen LogP contribution in [0.3, 0.4) is 0 Å². The number of anilines is 1. The molecule has 1 saturated heterocycles. The summed E-state index contributed by atoms with van der Waals surface area (Å²) in [5.74, 6) is 0.760. The number of nitrogens with one attached hydrogen (secondary N) is 3. The lowest BCUT2D eigenvalue weighted by Crippen LogP contribution is -2.53. The number of benzene rings is 2. The molecule has 11 nitrogen and oxygen atoms in total. The zero-order valence-electron chi connectivity index (χ0n) is 18.5. The Morgan fingerprint density at radius 2 is 1.68 bits per heavy atom. The molecule has 1 aromatic heterocycles. The van der Waals surface area contributed by atoms with Gasteiger partial charge in [0.15, 0.2) is 11.5 Å². The SMILES string of the molecule is C[C@H](C(=O)Nc1ccc2[nH]c(=O)[nH]c2c1)N1CCN(S(=O)(=O)c2ccc3c(c2)OCCO3)CC1. The normalized spacial score (nSPS) is 18.0. The number of aromatic nitrogens is 2. The molecule has 3 heterocycles. The highest BCUT2D eigenvalue weighted by Gasteiger charge is 2.32. The molecule has 0 bridgehead atoms. The number of piperazine rings is 1. The van der Waals surface area contributed by atoms with Crippen LogP contribution in [0.4, 0.5) is 5.69 Å². The Bertz CT molecular complexity index is 1390. The van der Waals surface area contributed by atoms with Gasteiger partial charge in [-0.05, 0) is 37.3 Å². The Hall–Kier alpha value is -3.35. The molecule has 1 amide bonds. The number of imidazole rings is 1. The molecule has 3 aromatic rings. The fourth-order valence-electron chi connectivity index (χ4n) is 4.19. The first-order valence-electron chi connectivity index (χ1n) is 11.0. The van der Waals surface area contributed by atoms with Gasteiger partial charge in [-0.15, -0.1) is 0 Å². The maximum Gasteiger partial charge on any atom is 0.323 e. The summed E-state index contributed by atoms with van der Waals surface area (Å²) >= 11 is 0. The zero-order valence-corrected chi connectivity index (χ0v) is 19.4. The number of ether oxygens (including phenoxy) is 2. The van der Waals surface area contributed by atoms with E-state index < -0.39 is 16.1 Å². The number of carbonyl (C=O) groups excluding carboxylic acids is 1. The fraction of sp³-hybridized carbons (Fsp3) is 0.364. The lowest BCUT2D eigenvalue weighted by atomic mass is 10.2. The molecule has 2 aliphatic rings. The smallest absolute Gasteiger partial charge is 0.323 e. The van der Waals surface area contributed by atoms with E-state index in [0.717, 1.165) is 0 Å². The zero-order chi connectivity index (χ0) is 23.9. The predicted molar refractivity (Wildman–Crippen MR) is 125 cm³/mol. The van der Waals surface area contributed by atoms with Crippen LogP contribution in [-0.4, -0.2) is 78.9 Å². The number of H-pyrrole nitrogens is 2. The minimum Gasteiger partial charge on any atom is -0.486 e. The molecule has 0 spiro atoms. The van der Waals surface area contributed by atoms with Gasteiger partial charge >= 0.3 is 5.69 Å². The lowest BCUT2D eigenvalue weighted by Gasteiger charge is -2.36. The van der Waals surface area contributed by atoms with Crippen molar-refractivity contribution in [2.24, 2.45) is 0 Å². The molecule has 180 valence electrons. The van der Waals surface area contributed by atoms with E-state index in [4.69, 9.17) is 9.47 Å². The number of rotatable bonds is 5. The van der Waals surface area contributed by atoms with Crippen molar-refractivity contribution >= 4 is 32.7 Å². The Kier molecular flexibility index (Phi) is 5.80. The number of sulfonamides is 1. The quantitative estimate of drug-likeness (QED) is 0.488. The first-order chi connectivity index (χ1) is 16.3. The van der Waals surface area contributed by atoms with Gasteiger partial charge < -0.3 is 24.8 Å². The van der Waals surface area contributed by atoms with E-state index in [1.165, 1.54) is 16.4 Å². The number of fused-ring (bicyclic) bond motifs is 2. The predicted octanol–water partition coefficient (Wildman–Crippen LogP) is 0.961. The summed E-state index contributed by atoms with van der Waals surface area (Å²) in [4.78, 5) is 31.7. The molecule has 0 saturated carbocycles. The average molecular weight is 488 g/mol. The van der Waals surface area contributed by atoms with Crippen molar-refractivity contribution in [3.8, 4) is 11.5 Å². The van der Waals surface area contributed by atoms with E-state index >= 15 is 0 Å². The second-order valence-corrected chi connectivity index (χ2v) is 10.2. The summed E-state index contributed by atoms with van der Waals surface area (Å²) in [6.07, 6.45) is 0. The molecule has 5 rings (SSSR count). The van der Waals surface area contributed by atoms with Gasteiger partial charge in [0.1, 0.15) is 13.2 Å². The van der Waals surface area contributed by atoms with Gasteiger partial charge in [-0.2, -0.15) is 4.31 Å². The van der Waals surface area contributed by atoms with Crippen molar-refractivity contribution in [2.75, 3.05) is 44.7 Å². The van der Waals surface area contributed by atoms with Crippen LogP contribution in [0.5, 0.6) is 11.5 Å². The Balaban J connectivity index is 1.21. The summed E-state index contributed by atoms with van der Waals surface area (Å²) in [7, 11) is -3.69. The van der Waals surface area contributed by atoms with Gasteiger partial charge in [0, 0.05) is 37.9 Å². The van der Waals surface area contributed by atoms with Crippen LogP contribution >= 0.6 is 0 Å². The molecule has 0 radical (unpaired) electrons. The van der Waals surface area contributed by atoms with Gasteiger partial charge in [0.2, 0.25) is 15.9 Å². The van der Waals surface area contributed by atoms with Crippen LogP contribution in [0.1, 0.15) is 6.92 Å². The first kappa shape index (κ1) is 22.4. The van der Waals surface area contributed by atoms with Gasteiger partial charge in [-0.1, -0.05) is 0 Å². The van der Waals surface area contributed by atoms with E-state index in [1.807, 2.05) is 4.90 Å². The summed E-state index contributed by atoms with van der Waals surface area (Å²) in [5.41, 5.74) is 1.52. The maximum absolute atomic E-state index is 13.1. The van der Waals surface area contributed by atoms with Crippen LogP contribution in [0.15, 0.2) is 46.1 Å². The van der Waals surface area contributed by atoms with Crippen LogP contribution in [0.25, 0.3) is 11.0 Å². The third kappa shape index (κ3) is 4.27. The summed E-state index contributed by atoms with van der Waals surface area (Å²) < 4.78 is 38.7. The Morgan fingerprint density at radius 3 is 2.44 bits per heavy atom. The first-order valence-corrected chi connectivity index (χ1v) is 12.4. The Morgan fingerprint density at radius 1 is 0.971 bits per heavy atom. The molecule has 1 fully saturated rings. The summed E-state index contributed by atoms with van der Waals surface area (Å²) in [6.45, 7) is 3.98. The standard InChI is InChI=1S/C22H25N5O6S/c1-14(21(28)23-15-2-4-17-18(12-15)25-22(29)24-17)26-6-8-27(9-7-26)34(30,31)16-3-5-19-20(13-16)33-11-10-32-19/h2-5,12-14H,6-11H2,1H3,(H,23,28)(H2,24,25,29)/t14-/m1/s1. The molecule has 0 aliphatic carbocycles. The van der Waals surface area contributed by atoms with Crippen molar-refractivity contribution in [1.29, 1.82) is 0 Å².